The summed E-state index contributed by atoms with van der Waals surface area (Å²) in [5, 5.41) is 0. The van der Waals surface area contributed by atoms with Crippen molar-refractivity contribution < 1.29 is 0 Å². The molecule has 3 heteroatoms. The smallest absolute Gasteiger partial charge is 0.0112 e. The maximum absolute atomic E-state index is 5.73. The summed E-state index contributed by atoms with van der Waals surface area (Å²) in [6.45, 7) is 9.58. The van der Waals surface area contributed by atoms with Crippen LogP contribution >= 0.6 is 0 Å². The SMILES string of the molecule is CCC(CCN)N1CCCN(CCC2CC2)CC1. The number of hydrogen-bond acceptors (Lipinski definition) is 3. The van der Waals surface area contributed by atoms with E-state index in [1.807, 2.05) is 0 Å². The van der Waals surface area contributed by atoms with Crippen molar-refractivity contribution in [3.8, 4) is 0 Å². The zero-order valence-electron chi connectivity index (χ0n) is 12.1. The topological polar surface area (TPSA) is 32.5 Å². The van der Waals surface area contributed by atoms with Crippen LogP contribution in [-0.2, 0) is 0 Å². The van der Waals surface area contributed by atoms with Crippen molar-refractivity contribution in [3.05, 3.63) is 0 Å². The largest absolute Gasteiger partial charge is 0.330 e. The summed E-state index contributed by atoms with van der Waals surface area (Å²) in [6.07, 6.45) is 8.19. The molecule has 18 heavy (non-hydrogen) atoms. The Morgan fingerprint density at radius 3 is 2.67 bits per heavy atom. The summed E-state index contributed by atoms with van der Waals surface area (Å²) in [5.41, 5.74) is 5.73. The summed E-state index contributed by atoms with van der Waals surface area (Å²) >= 11 is 0. The summed E-state index contributed by atoms with van der Waals surface area (Å²) in [4.78, 5) is 5.37. The molecular formula is C15H31N3. The highest BCUT2D eigenvalue weighted by molar-refractivity contribution is 4.79. The maximum atomic E-state index is 5.73. The highest BCUT2D eigenvalue weighted by atomic mass is 15.2. The first-order valence-electron chi connectivity index (χ1n) is 8.00. The Balaban J connectivity index is 1.71. The van der Waals surface area contributed by atoms with Gasteiger partial charge in [-0.3, -0.25) is 4.90 Å². The van der Waals surface area contributed by atoms with Gasteiger partial charge in [0.15, 0.2) is 0 Å². The summed E-state index contributed by atoms with van der Waals surface area (Å²) in [6, 6.07) is 0.721. The number of nitrogens with two attached hydrogens (primary N) is 1. The van der Waals surface area contributed by atoms with E-state index in [1.54, 1.807) is 0 Å². The van der Waals surface area contributed by atoms with Gasteiger partial charge in [0, 0.05) is 19.1 Å². The molecule has 1 saturated heterocycles. The van der Waals surface area contributed by atoms with Gasteiger partial charge in [-0.15, -0.1) is 0 Å². The van der Waals surface area contributed by atoms with Gasteiger partial charge in [-0.25, -0.2) is 0 Å². The first kappa shape index (κ1) is 14.3. The molecule has 1 unspecified atom stereocenters. The minimum atomic E-state index is 0.721. The highest BCUT2D eigenvalue weighted by Gasteiger charge is 2.24. The molecule has 106 valence electrons. The van der Waals surface area contributed by atoms with Crippen LogP contribution in [0.5, 0.6) is 0 Å². The molecule has 0 aromatic heterocycles. The Hall–Kier alpha value is -0.120. The van der Waals surface area contributed by atoms with Crippen LogP contribution in [0.2, 0.25) is 0 Å². The molecule has 1 saturated carbocycles. The van der Waals surface area contributed by atoms with E-state index in [2.05, 4.69) is 16.7 Å². The average molecular weight is 253 g/mol. The molecule has 0 amide bonds. The Morgan fingerprint density at radius 2 is 2.00 bits per heavy atom. The van der Waals surface area contributed by atoms with Gasteiger partial charge >= 0.3 is 0 Å². The fraction of sp³-hybridized carbons (Fsp3) is 1.00. The average Bonchev–Trinajstić information content (AvgIpc) is 3.20. The van der Waals surface area contributed by atoms with Gasteiger partial charge in [0.2, 0.25) is 0 Å². The maximum Gasteiger partial charge on any atom is 0.0112 e. The van der Waals surface area contributed by atoms with Crippen molar-refractivity contribution in [2.45, 2.75) is 51.5 Å². The molecule has 0 aromatic rings. The van der Waals surface area contributed by atoms with Crippen molar-refractivity contribution in [1.29, 1.82) is 0 Å². The van der Waals surface area contributed by atoms with Gasteiger partial charge in [0.05, 0.1) is 0 Å². The Labute approximate surface area is 113 Å². The lowest BCUT2D eigenvalue weighted by Gasteiger charge is -2.29. The van der Waals surface area contributed by atoms with Crippen LogP contribution in [0.15, 0.2) is 0 Å². The van der Waals surface area contributed by atoms with E-state index in [0.29, 0.717) is 0 Å². The van der Waals surface area contributed by atoms with E-state index in [1.165, 1.54) is 71.2 Å². The summed E-state index contributed by atoms with van der Waals surface area (Å²) < 4.78 is 0. The van der Waals surface area contributed by atoms with Crippen LogP contribution in [-0.4, -0.2) is 55.1 Å². The number of rotatable bonds is 7. The van der Waals surface area contributed by atoms with Gasteiger partial charge in [0.25, 0.3) is 0 Å². The fourth-order valence-corrected chi connectivity index (χ4v) is 3.19. The molecule has 3 nitrogen and oxygen atoms in total. The van der Waals surface area contributed by atoms with Crippen molar-refractivity contribution >= 4 is 0 Å². The van der Waals surface area contributed by atoms with Crippen molar-refractivity contribution in [2.24, 2.45) is 11.7 Å². The molecule has 0 radical (unpaired) electrons. The van der Waals surface area contributed by atoms with Crippen LogP contribution in [0.25, 0.3) is 0 Å². The predicted molar refractivity (Wildman–Crippen MR) is 77.7 cm³/mol. The van der Waals surface area contributed by atoms with E-state index >= 15 is 0 Å². The van der Waals surface area contributed by atoms with Gasteiger partial charge in [-0.05, 0) is 57.8 Å². The van der Waals surface area contributed by atoms with Gasteiger partial charge in [-0.2, -0.15) is 0 Å². The molecule has 0 spiro atoms. The Kier molecular flexibility index (Phi) is 5.93. The van der Waals surface area contributed by atoms with Crippen LogP contribution in [0.1, 0.15) is 45.4 Å². The van der Waals surface area contributed by atoms with Crippen LogP contribution in [0.4, 0.5) is 0 Å². The lowest BCUT2D eigenvalue weighted by atomic mass is 10.1. The lowest BCUT2D eigenvalue weighted by molar-refractivity contribution is 0.185. The molecule has 2 N–H and O–H groups in total. The fourth-order valence-electron chi connectivity index (χ4n) is 3.19. The zero-order valence-corrected chi connectivity index (χ0v) is 12.1. The van der Waals surface area contributed by atoms with Gasteiger partial charge < -0.3 is 10.6 Å². The molecule has 1 heterocycles. The normalized spacial score (nSPS) is 25.0. The monoisotopic (exact) mass is 253 g/mol. The third-order valence-corrected chi connectivity index (χ3v) is 4.66. The van der Waals surface area contributed by atoms with Crippen LogP contribution < -0.4 is 5.73 Å². The molecule has 1 aliphatic carbocycles. The van der Waals surface area contributed by atoms with Crippen molar-refractivity contribution in [2.75, 3.05) is 39.3 Å². The van der Waals surface area contributed by atoms with Crippen LogP contribution in [0, 0.1) is 5.92 Å². The second-order valence-electron chi connectivity index (χ2n) is 6.10. The van der Waals surface area contributed by atoms with E-state index < -0.39 is 0 Å². The van der Waals surface area contributed by atoms with Crippen molar-refractivity contribution in [1.82, 2.24) is 9.80 Å². The molecule has 0 bridgehead atoms. The minimum Gasteiger partial charge on any atom is -0.330 e. The minimum absolute atomic E-state index is 0.721. The molecular weight excluding hydrogens is 222 g/mol. The molecule has 1 atom stereocenters. The third kappa shape index (κ3) is 4.52. The molecule has 2 aliphatic rings. The molecule has 2 fully saturated rings. The van der Waals surface area contributed by atoms with Gasteiger partial charge in [-0.1, -0.05) is 19.8 Å². The van der Waals surface area contributed by atoms with Gasteiger partial charge in [0.1, 0.15) is 0 Å². The lowest BCUT2D eigenvalue weighted by Crippen LogP contribution is -2.39. The first-order valence-corrected chi connectivity index (χ1v) is 8.00. The summed E-state index contributed by atoms with van der Waals surface area (Å²) in [7, 11) is 0. The van der Waals surface area contributed by atoms with Crippen molar-refractivity contribution in [3.63, 3.8) is 0 Å². The predicted octanol–water partition coefficient (Wildman–Crippen LogP) is 1.92. The Morgan fingerprint density at radius 1 is 1.17 bits per heavy atom. The standard InChI is InChI=1S/C15H31N3/c1-2-15(6-8-16)18-10-3-9-17(12-13-18)11-7-14-4-5-14/h14-15H,2-13,16H2,1H3. The van der Waals surface area contributed by atoms with Crippen LogP contribution in [0.3, 0.4) is 0 Å². The Bertz CT molecular complexity index is 228. The number of nitrogens with zero attached hydrogens (tertiary/aromatic N) is 2. The third-order valence-electron chi connectivity index (χ3n) is 4.66. The van der Waals surface area contributed by atoms with E-state index in [-0.39, 0.29) is 0 Å². The molecule has 1 aliphatic heterocycles. The molecule has 2 rings (SSSR count). The summed E-state index contributed by atoms with van der Waals surface area (Å²) in [5.74, 6) is 1.07. The van der Waals surface area contributed by atoms with E-state index in [4.69, 9.17) is 5.73 Å². The zero-order chi connectivity index (χ0) is 12.8. The molecule has 0 aromatic carbocycles. The second-order valence-corrected chi connectivity index (χ2v) is 6.10. The quantitative estimate of drug-likeness (QED) is 0.752. The first-order chi connectivity index (χ1) is 8.83. The van der Waals surface area contributed by atoms with E-state index in [0.717, 1.165) is 18.5 Å². The second kappa shape index (κ2) is 7.46. The highest BCUT2D eigenvalue weighted by Crippen LogP contribution is 2.32. The number of hydrogen-bond donors (Lipinski definition) is 1. The van der Waals surface area contributed by atoms with E-state index in [9.17, 15) is 0 Å².